The Hall–Kier alpha value is -5.16. The summed E-state index contributed by atoms with van der Waals surface area (Å²) in [5.74, 6) is 0. The number of benzene rings is 5. The Bertz CT molecular complexity index is 2510. The van der Waals surface area contributed by atoms with Crippen LogP contribution in [0.1, 0.15) is 0 Å². The molecule has 0 spiro atoms. The molecule has 9 rings (SSSR count). The summed E-state index contributed by atoms with van der Waals surface area (Å²) in [5.41, 5.74) is 9.08. The summed E-state index contributed by atoms with van der Waals surface area (Å²) in [7, 11) is 0. The molecule has 0 saturated carbocycles. The average molecular weight is 597 g/mol. The smallest absolute Gasteiger partial charge is 0.125 e. The maximum absolute atomic E-state index is 5.21. The zero-order chi connectivity index (χ0) is 29.0. The maximum Gasteiger partial charge on any atom is 0.125 e. The van der Waals surface area contributed by atoms with Gasteiger partial charge in [0.25, 0.3) is 0 Å². The van der Waals surface area contributed by atoms with Crippen molar-refractivity contribution in [3.05, 3.63) is 146 Å². The van der Waals surface area contributed by atoms with Crippen molar-refractivity contribution >= 4 is 63.1 Å². The second-order valence-electron chi connectivity index (χ2n) is 11.0. The summed E-state index contributed by atoms with van der Waals surface area (Å²) in [6.07, 6.45) is 1.91. The Labute approximate surface area is 262 Å². The largest absolute Gasteiger partial charge is 0.256 e. The van der Waals surface area contributed by atoms with Crippen molar-refractivity contribution < 1.29 is 0 Å². The highest BCUT2D eigenvalue weighted by molar-refractivity contribution is 7.26. The lowest BCUT2D eigenvalue weighted by molar-refractivity contribution is 1.32. The first-order valence-electron chi connectivity index (χ1n) is 14.7. The second-order valence-corrected chi connectivity index (χ2v) is 13.0. The molecule has 4 aromatic heterocycles. The fraction of sp³-hybridized carbons (Fsp3) is 0. The van der Waals surface area contributed by atoms with Gasteiger partial charge in [0.05, 0.1) is 11.4 Å². The van der Waals surface area contributed by atoms with E-state index in [9.17, 15) is 0 Å². The Morgan fingerprint density at radius 2 is 1.11 bits per heavy atom. The standard InChI is InChI=1S/C40H24N2S2/c1-2-9-25(10-3-1)26-11-6-12-27(23-26)29-14-7-16-32-33-19-20-35(42-40(33)44-38(29)32)28-21-22-41-36(24-28)34-17-8-15-31-30-13-4-5-18-37(30)43-39(31)34/h1-24H. The molecule has 2 nitrogen and oxygen atoms in total. The molecule has 0 amide bonds. The molecule has 0 atom stereocenters. The lowest BCUT2D eigenvalue weighted by Crippen LogP contribution is -1.88. The highest BCUT2D eigenvalue weighted by Gasteiger charge is 2.15. The molecule has 9 aromatic rings. The lowest BCUT2D eigenvalue weighted by Gasteiger charge is -2.07. The normalized spacial score (nSPS) is 11.6. The first-order chi connectivity index (χ1) is 21.8. The number of hydrogen-bond donors (Lipinski definition) is 0. The van der Waals surface area contributed by atoms with Gasteiger partial charge in [-0.2, -0.15) is 0 Å². The molecule has 0 aliphatic heterocycles. The van der Waals surface area contributed by atoms with Gasteiger partial charge in [-0.25, -0.2) is 4.98 Å². The van der Waals surface area contributed by atoms with Crippen molar-refractivity contribution in [2.24, 2.45) is 0 Å². The first kappa shape index (κ1) is 25.3. The quantitative estimate of drug-likeness (QED) is 0.202. The third kappa shape index (κ3) is 4.15. The van der Waals surface area contributed by atoms with Crippen LogP contribution in [0.15, 0.2) is 146 Å². The van der Waals surface area contributed by atoms with Crippen LogP contribution in [0.5, 0.6) is 0 Å². The van der Waals surface area contributed by atoms with Gasteiger partial charge in [-0.15, -0.1) is 22.7 Å². The van der Waals surface area contributed by atoms with Gasteiger partial charge in [0.1, 0.15) is 4.83 Å². The predicted molar refractivity (Wildman–Crippen MR) is 190 cm³/mol. The summed E-state index contributed by atoms with van der Waals surface area (Å²) in [4.78, 5) is 11.1. The molecule has 0 unspecified atom stereocenters. The van der Waals surface area contributed by atoms with E-state index in [-0.39, 0.29) is 0 Å². The Balaban J connectivity index is 1.14. The maximum atomic E-state index is 5.21. The first-order valence-corrected chi connectivity index (χ1v) is 16.3. The minimum Gasteiger partial charge on any atom is -0.256 e. The third-order valence-electron chi connectivity index (χ3n) is 8.38. The number of thiophene rings is 2. The predicted octanol–water partition coefficient (Wildman–Crippen LogP) is 11.9. The van der Waals surface area contributed by atoms with Crippen LogP contribution in [0.2, 0.25) is 0 Å². The van der Waals surface area contributed by atoms with Crippen molar-refractivity contribution in [3.8, 4) is 44.8 Å². The molecular formula is C40H24N2S2. The minimum absolute atomic E-state index is 0.962. The second kappa shape index (κ2) is 10.2. The van der Waals surface area contributed by atoms with Crippen molar-refractivity contribution in [3.63, 3.8) is 0 Å². The number of aromatic nitrogens is 2. The van der Waals surface area contributed by atoms with E-state index in [0.29, 0.717) is 0 Å². The molecule has 0 aliphatic carbocycles. The van der Waals surface area contributed by atoms with Gasteiger partial charge in [0.15, 0.2) is 0 Å². The number of nitrogens with zero attached hydrogens (tertiary/aromatic N) is 2. The van der Waals surface area contributed by atoms with Crippen molar-refractivity contribution in [2.75, 3.05) is 0 Å². The van der Waals surface area contributed by atoms with E-state index in [4.69, 9.17) is 9.97 Å². The molecule has 5 aromatic carbocycles. The summed E-state index contributed by atoms with van der Waals surface area (Å²) < 4.78 is 3.84. The fourth-order valence-corrected chi connectivity index (χ4v) is 8.68. The summed E-state index contributed by atoms with van der Waals surface area (Å²) in [6.45, 7) is 0. The van der Waals surface area contributed by atoms with Gasteiger partial charge in [0.2, 0.25) is 0 Å². The molecule has 4 heteroatoms. The number of fused-ring (bicyclic) bond motifs is 6. The summed E-state index contributed by atoms with van der Waals surface area (Å²) in [5, 5.41) is 5.02. The van der Waals surface area contributed by atoms with Crippen molar-refractivity contribution in [2.45, 2.75) is 0 Å². The monoisotopic (exact) mass is 596 g/mol. The van der Waals surface area contributed by atoms with Crippen LogP contribution in [0.4, 0.5) is 0 Å². The number of pyridine rings is 2. The van der Waals surface area contributed by atoms with E-state index in [1.807, 2.05) is 17.5 Å². The van der Waals surface area contributed by atoms with Crippen LogP contribution in [-0.2, 0) is 0 Å². The lowest BCUT2D eigenvalue weighted by atomic mass is 9.98. The molecule has 0 aliphatic rings. The van der Waals surface area contributed by atoms with Gasteiger partial charge in [-0.05, 0) is 58.7 Å². The number of hydrogen-bond acceptors (Lipinski definition) is 4. The Morgan fingerprint density at radius 3 is 2.02 bits per heavy atom. The van der Waals surface area contributed by atoms with Crippen LogP contribution in [0.3, 0.4) is 0 Å². The van der Waals surface area contributed by atoms with Gasteiger partial charge < -0.3 is 0 Å². The fourth-order valence-electron chi connectivity index (χ4n) is 6.25. The summed E-state index contributed by atoms with van der Waals surface area (Å²) >= 11 is 3.61. The van der Waals surface area contributed by atoms with Crippen LogP contribution in [0, 0.1) is 0 Å². The van der Waals surface area contributed by atoms with E-state index >= 15 is 0 Å². The van der Waals surface area contributed by atoms with Crippen LogP contribution >= 0.6 is 22.7 Å². The molecule has 206 valence electrons. The zero-order valence-electron chi connectivity index (χ0n) is 23.6. The van der Waals surface area contributed by atoms with Crippen molar-refractivity contribution in [1.29, 1.82) is 0 Å². The van der Waals surface area contributed by atoms with Crippen LogP contribution < -0.4 is 0 Å². The van der Waals surface area contributed by atoms with Gasteiger partial charge in [0, 0.05) is 53.0 Å². The third-order valence-corrected chi connectivity index (χ3v) is 10.7. The van der Waals surface area contributed by atoms with Crippen LogP contribution in [-0.4, -0.2) is 9.97 Å². The van der Waals surface area contributed by atoms with Gasteiger partial charge >= 0.3 is 0 Å². The highest BCUT2D eigenvalue weighted by Crippen LogP contribution is 2.42. The average Bonchev–Trinajstić information content (AvgIpc) is 3.67. The molecule has 0 radical (unpaired) electrons. The SMILES string of the molecule is c1ccc(-c2cccc(-c3cccc4c3sc3nc(-c5ccnc(-c6cccc7c6sc6ccccc67)c5)ccc34)c2)cc1. The van der Waals surface area contributed by atoms with Crippen molar-refractivity contribution in [1.82, 2.24) is 9.97 Å². The van der Waals surface area contributed by atoms with E-state index in [0.717, 1.165) is 27.3 Å². The van der Waals surface area contributed by atoms with E-state index in [1.165, 1.54) is 57.9 Å². The Morgan fingerprint density at radius 1 is 0.409 bits per heavy atom. The summed E-state index contributed by atoms with van der Waals surface area (Å²) in [6, 6.07) is 49.8. The van der Waals surface area contributed by atoms with E-state index in [1.54, 1.807) is 11.3 Å². The molecule has 44 heavy (non-hydrogen) atoms. The number of rotatable bonds is 4. The molecule has 0 bridgehead atoms. The molecule has 0 N–H and O–H groups in total. The van der Waals surface area contributed by atoms with Gasteiger partial charge in [-0.1, -0.05) is 103 Å². The molecular weight excluding hydrogens is 573 g/mol. The van der Waals surface area contributed by atoms with Crippen LogP contribution in [0.25, 0.3) is 85.2 Å². The molecule has 4 heterocycles. The van der Waals surface area contributed by atoms with Gasteiger partial charge in [-0.3, -0.25) is 4.98 Å². The highest BCUT2D eigenvalue weighted by atomic mass is 32.1. The Kier molecular flexibility index (Phi) is 5.90. The molecule has 0 saturated heterocycles. The van der Waals surface area contributed by atoms with E-state index < -0.39 is 0 Å². The topological polar surface area (TPSA) is 25.8 Å². The van der Waals surface area contributed by atoms with E-state index in [2.05, 4.69) is 140 Å². The minimum atomic E-state index is 0.962. The zero-order valence-corrected chi connectivity index (χ0v) is 25.2. The molecule has 0 fully saturated rings.